The van der Waals surface area contributed by atoms with E-state index in [1.807, 2.05) is 43.4 Å². The van der Waals surface area contributed by atoms with E-state index in [0.717, 1.165) is 17.6 Å². The highest BCUT2D eigenvalue weighted by atomic mass is 16.6. The predicted octanol–water partition coefficient (Wildman–Crippen LogP) is 3.46. The average molecular weight is 341 g/mol. The molecule has 0 bridgehead atoms. The third-order valence-corrected chi connectivity index (χ3v) is 3.68. The zero-order chi connectivity index (χ0) is 18.1. The van der Waals surface area contributed by atoms with E-state index in [1.54, 1.807) is 25.6 Å². The topological polar surface area (TPSA) is 57.7 Å². The van der Waals surface area contributed by atoms with Crippen LogP contribution in [0.25, 0.3) is 5.76 Å². The lowest BCUT2D eigenvalue weighted by Crippen LogP contribution is -2.33. The fourth-order valence-electron chi connectivity index (χ4n) is 2.46. The molecule has 0 radical (unpaired) electrons. The first-order valence-electron chi connectivity index (χ1n) is 8.09. The van der Waals surface area contributed by atoms with Crippen molar-refractivity contribution >= 4 is 11.7 Å². The summed E-state index contributed by atoms with van der Waals surface area (Å²) in [6.07, 6.45) is 12.6. The van der Waals surface area contributed by atoms with Crippen molar-refractivity contribution in [2.45, 2.75) is 25.6 Å². The minimum absolute atomic E-state index is 0.182. The molecule has 5 heteroatoms. The summed E-state index contributed by atoms with van der Waals surface area (Å²) in [6, 6.07) is 3.67. The lowest BCUT2D eigenvalue weighted by Gasteiger charge is -2.25. The summed E-state index contributed by atoms with van der Waals surface area (Å²) in [5.41, 5.74) is 1.89. The fraction of sp³-hybridized carbons (Fsp3) is 0.300. The van der Waals surface area contributed by atoms with Crippen LogP contribution >= 0.6 is 0 Å². The Balaban J connectivity index is 1.90. The molecular weight excluding hydrogens is 318 g/mol. The van der Waals surface area contributed by atoms with Crippen LogP contribution in [0.1, 0.15) is 18.9 Å². The van der Waals surface area contributed by atoms with E-state index in [2.05, 4.69) is 11.6 Å². The van der Waals surface area contributed by atoms with Crippen LogP contribution in [0.2, 0.25) is 0 Å². The van der Waals surface area contributed by atoms with Crippen LogP contribution in [-0.4, -0.2) is 36.9 Å². The Morgan fingerprint density at radius 3 is 2.88 bits per heavy atom. The molecule has 0 saturated heterocycles. The number of carbonyl (C=O) groups excluding carboxylic acids is 1. The molecule has 2 atom stereocenters. The second kappa shape index (κ2) is 9.59. The summed E-state index contributed by atoms with van der Waals surface area (Å²) in [5.74, 6) is 0.126. The van der Waals surface area contributed by atoms with Gasteiger partial charge in [-0.3, -0.25) is 4.98 Å². The number of ether oxygens (including phenoxy) is 3. The number of hydrogen-bond acceptors (Lipinski definition) is 5. The van der Waals surface area contributed by atoms with Gasteiger partial charge < -0.3 is 14.2 Å². The van der Waals surface area contributed by atoms with Crippen LogP contribution in [0, 0.1) is 0 Å². The molecule has 5 nitrogen and oxygen atoms in total. The molecular formula is C20H23NO4. The Labute approximate surface area is 148 Å². The normalized spacial score (nSPS) is 19.9. The predicted molar refractivity (Wildman–Crippen MR) is 96.6 cm³/mol. The van der Waals surface area contributed by atoms with Crippen LogP contribution < -0.4 is 0 Å². The van der Waals surface area contributed by atoms with Gasteiger partial charge in [-0.05, 0) is 49.3 Å². The molecule has 132 valence electrons. The highest BCUT2D eigenvalue weighted by Gasteiger charge is 2.24. The number of pyridine rings is 1. The molecule has 2 unspecified atom stereocenters. The minimum Gasteiger partial charge on any atom is -0.482 e. The van der Waals surface area contributed by atoms with Crippen molar-refractivity contribution in [2.75, 3.05) is 13.7 Å². The van der Waals surface area contributed by atoms with E-state index < -0.39 is 12.1 Å². The fourth-order valence-corrected chi connectivity index (χ4v) is 2.46. The Bertz CT molecular complexity index is 676. The smallest absolute Gasteiger partial charge is 0.344 e. The molecule has 1 aromatic heterocycles. The van der Waals surface area contributed by atoms with Gasteiger partial charge in [-0.2, -0.15) is 0 Å². The highest BCUT2D eigenvalue weighted by molar-refractivity contribution is 5.73. The summed E-state index contributed by atoms with van der Waals surface area (Å²) in [4.78, 5) is 16.2. The minimum atomic E-state index is -0.470. The van der Waals surface area contributed by atoms with Crippen LogP contribution in [0.4, 0.5) is 0 Å². The van der Waals surface area contributed by atoms with E-state index in [4.69, 9.17) is 14.2 Å². The molecule has 0 saturated carbocycles. The van der Waals surface area contributed by atoms with E-state index in [-0.39, 0.29) is 12.7 Å². The molecule has 0 aliphatic heterocycles. The van der Waals surface area contributed by atoms with Crippen molar-refractivity contribution in [3.8, 4) is 0 Å². The Hall–Kier alpha value is -2.66. The maximum Gasteiger partial charge on any atom is 0.344 e. The van der Waals surface area contributed by atoms with Gasteiger partial charge in [-0.25, -0.2) is 4.79 Å². The van der Waals surface area contributed by atoms with Gasteiger partial charge in [0.15, 0.2) is 12.7 Å². The van der Waals surface area contributed by atoms with Gasteiger partial charge in [0, 0.05) is 25.1 Å². The van der Waals surface area contributed by atoms with Crippen molar-refractivity contribution in [3.63, 3.8) is 0 Å². The molecule has 0 spiro atoms. The largest absolute Gasteiger partial charge is 0.482 e. The van der Waals surface area contributed by atoms with Gasteiger partial charge in [0.2, 0.25) is 0 Å². The Morgan fingerprint density at radius 1 is 1.40 bits per heavy atom. The maximum absolute atomic E-state index is 12.1. The van der Waals surface area contributed by atoms with Crippen LogP contribution in [0.3, 0.4) is 0 Å². The summed E-state index contributed by atoms with van der Waals surface area (Å²) in [6.45, 7) is 5.38. The van der Waals surface area contributed by atoms with Gasteiger partial charge in [0.05, 0.1) is 0 Å². The first kappa shape index (κ1) is 18.7. The molecule has 1 aliphatic carbocycles. The van der Waals surface area contributed by atoms with Gasteiger partial charge in [-0.15, -0.1) is 6.58 Å². The number of carbonyl (C=O) groups is 1. The molecule has 2 rings (SSSR count). The van der Waals surface area contributed by atoms with E-state index >= 15 is 0 Å². The first-order valence-corrected chi connectivity index (χ1v) is 8.09. The third-order valence-electron chi connectivity index (χ3n) is 3.68. The molecule has 1 heterocycles. The van der Waals surface area contributed by atoms with Crippen LogP contribution in [-0.2, 0) is 19.0 Å². The summed E-state index contributed by atoms with van der Waals surface area (Å²) >= 11 is 0. The summed E-state index contributed by atoms with van der Waals surface area (Å²) in [5, 5.41) is 0. The molecule has 1 aromatic rings. The van der Waals surface area contributed by atoms with E-state index in [0.29, 0.717) is 5.76 Å². The quantitative estimate of drug-likeness (QED) is 0.412. The van der Waals surface area contributed by atoms with Gasteiger partial charge >= 0.3 is 5.97 Å². The molecule has 0 fully saturated rings. The van der Waals surface area contributed by atoms with Crippen LogP contribution in [0.15, 0.2) is 67.1 Å². The van der Waals surface area contributed by atoms with Crippen molar-refractivity contribution in [3.05, 3.63) is 72.6 Å². The van der Waals surface area contributed by atoms with Crippen molar-refractivity contribution < 1.29 is 19.0 Å². The second-order valence-electron chi connectivity index (χ2n) is 5.43. The number of esters is 1. The maximum atomic E-state index is 12.1. The number of nitrogens with zero attached hydrogens (tertiary/aromatic N) is 1. The van der Waals surface area contributed by atoms with Crippen molar-refractivity contribution in [1.82, 2.24) is 4.98 Å². The molecule has 0 amide bonds. The lowest BCUT2D eigenvalue weighted by molar-refractivity contribution is -0.154. The van der Waals surface area contributed by atoms with Gasteiger partial charge in [-0.1, -0.05) is 12.2 Å². The lowest BCUT2D eigenvalue weighted by atomic mass is 10.00. The van der Waals surface area contributed by atoms with E-state index in [9.17, 15) is 4.79 Å². The Kier molecular flexibility index (Phi) is 7.16. The summed E-state index contributed by atoms with van der Waals surface area (Å²) < 4.78 is 16.4. The number of hydrogen-bond donors (Lipinski definition) is 0. The zero-order valence-corrected chi connectivity index (χ0v) is 14.6. The molecule has 0 aromatic carbocycles. The number of rotatable bonds is 8. The number of aromatic nitrogens is 1. The second-order valence-corrected chi connectivity index (χ2v) is 5.43. The average Bonchev–Trinajstić information content (AvgIpc) is 2.64. The monoisotopic (exact) mass is 341 g/mol. The molecule has 25 heavy (non-hydrogen) atoms. The molecule has 1 aliphatic rings. The Morgan fingerprint density at radius 2 is 2.24 bits per heavy atom. The van der Waals surface area contributed by atoms with E-state index in [1.165, 1.54) is 0 Å². The summed E-state index contributed by atoms with van der Waals surface area (Å²) in [7, 11) is 1.59. The molecule has 0 N–H and O–H groups in total. The van der Waals surface area contributed by atoms with Crippen molar-refractivity contribution in [2.24, 2.45) is 0 Å². The highest BCUT2D eigenvalue weighted by Crippen LogP contribution is 2.20. The number of allylic oxidation sites excluding steroid dienone is 4. The standard InChI is InChI=1S/C20H23NO4/c1-4-7-15-9-10-18(19(12-15)23-3)25-20(22)14-24-17(5-2)16-8-6-11-21-13-16/h4-6,8-13,18-19H,1,7,14H2,2-3H3. The van der Waals surface area contributed by atoms with Crippen LogP contribution in [0.5, 0.6) is 0 Å². The zero-order valence-electron chi connectivity index (χ0n) is 14.6. The first-order chi connectivity index (χ1) is 12.2. The number of methoxy groups -OCH3 is 1. The SMILES string of the molecule is C=CCC1=CC(OC)C(OC(=O)COC(=CC)c2cccnc2)C=C1. The van der Waals surface area contributed by atoms with Gasteiger partial charge in [0.1, 0.15) is 11.9 Å². The van der Waals surface area contributed by atoms with Gasteiger partial charge in [0.25, 0.3) is 0 Å². The third kappa shape index (κ3) is 5.43. The van der Waals surface area contributed by atoms with Crippen molar-refractivity contribution in [1.29, 1.82) is 0 Å².